The first-order chi connectivity index (χ1) is 9.61. The number of carboxylic acid groups (broad SMARTS) is 1. The first-order valence-electron chi connectivity index (χ1n) is 6.76. The number of sulfonamides is 1. The third kappa shape index (κ3) is 5.47. The lowest BCUT2D eigenvalue weighted by molar-refractivity contribution is -0.134. The minimum Gasteiger partial charge on any atom is -0.478 e. The Morgan fingerprint density at radius 1 is 1.29 bits per heavy atom. The summed E-state index contributed by atoms with van der Waals surface area (Å²) in [5.74, 6) is -1.34. The predicted octanol–water partition coefficient (Wildman–Crippen LogP) is 0.195. The molecule has 1 heterocycles. The largest absolute Gasteiger partial charge is 0.478 e. The topological polar surface area (TPSA) is 104 Å². The Kier molecular flexibility index (Phi) is 5.91. The number of aliphatic carboxylic acids is 1. The molecule has 0 spiro atoms. The van der Waals surface area contributed by atoms with Gasteiger partial charge in [-0.2, -0.15) is 0 Å². The van der Waals surface area contributed by atoms with Crippen LogP contribution in [0.4, 0.5) is 0 Å². The zero-order valence-corrected chi connectivity index (χ0v) is 13.4. The van der Waals surface area contributed by atoms with Gasteiger partial charge in [0.1, 0.15) is 0 Å². The first-order valence-corrected chi connectivity index (χ1v) is 8.65. The van der Waals surface area contributed by atoms with Crippen molar-refractivity contribution in [2.24, 2.45) is 5.92 Å². The Morgan fingerprint density at radius 3 is 2.43 bits per heavy atom. The van der Waals surface area contributed by atoms with E-state index in [-0.39, 0.29) is 23.0 Å². The number of amides is 1. The molecule has 1 unspecified atom stereocenters. The van der Waals surface area contributed by atoms with Crippen molar-refractivity contribution in [3.05, 3.63) is 11.1 Å². The predicted molar refractivity (Wildman–Crippen MR) is 78.2 cm³/mol. The SMILES string of the molecule is CC(C(=O)O)=C(C)C(=O)N1CCCC(CNS(C)(=O)=O)C1. The third-order valence-corrected chi connectivity index (χ3v) is 4.34. The summed E-state index contributed by atoms with van der Waals surface area (Å²) < 4.78 is 24.6. The van der Waals surface area contributed by atoms with Crippen molar-refractivity contribution in [3.8, 4) is 0 Å². The fourth-order valence-electron chi connectivity index (χ4n) is 2.24. The quantitative estimate of drug-likeness (QED) is 0.705. The Morgan fingerprint density at radius 2 is 1.90 bits per heavy atom. The van der Waals surface area contributed by atoms with Gasteiger partial charge < -0.3 is 10.0 Å². The van der Waals surface area contributed by atoms with Gasteiger partial charge in [0.05, 0.1) is 6.26 Å². The second-order valence-corrected chi connectivity index (χ2v) is 7.27. The lowest BCUT2D eigenvalue weighted by Gasteiger charge is -2.33. The zero-order chi connectivity index (χ0) is 16.2. The van der Waals surface area contributed by atoms with Gasteiger partial charge >= 0.3 is 5.97 Å². The second kappa shape index (κ2) is 7.04. The molecule has 1 rings (SSSR count). The molecule has 8 heteroatoms. The highest BCUT2D eigenvalue weighted by Gasteiger charge is 2.26. The van der Waals surface area contributed by atoms with E-state index in [1.165, 1.54) is 13.8 Å². The Labute approximate surface area is 125 Å². The molecule has 120 valence electrons. The summed E-state index contributed by atoms with van der Waals surface area (Å²) in [5, 5.41) is 8.92. The van der Waals surface area contributed by atoms with Crippen molar-refractivity contribution < 1.29 is 23.1 Å². The van der Waals surface area contributed by atoms with Crippen LogP contribution in [0.2, 0.25) is 0 Å². The summed E-state index contributed by atoms with van der Waals surface area (Å²) in [4.78, 5) is 24.8. The van der Waals surface area contributed by atoms with Gasteiger partial charge in [0.2, 0.25) is 15.9 Å². The number of carboxylic acids is 1. The van der Waals surface area contributed by atoms with Crippen LogP contribution in [0.5, 0.6) is 0 Å². The molecular formula is C13H22N2O5S. The summed E-state index contributed by atoms with van der Waals surface area (Å²) in [6.07, 6.45) is 2.72. The number of carbonyl (C=O) groups is 2. The van der Waals surface area contributed by atoms with Crippen LogP contribution in [-0.4, -0.2) is 56.2 Å². The zero-order valence-electron chi connectivity index (χ0n) is 12.5. The Balaban J connectivity index is 2.70. The lowest BCUT2D eigenvalue weighted by Crippen LogP contribution is -2.44. The lowest BCUT2D eigenvalue weighted by atomic mass is 9.97. The van der Waals surface area contributed by atoms with Gasteiger partial charge in [-0.3, -0.25) is 4.79 Å². The van der Waals surface area contributed by atoms with Crippen molar-refractivity contribution in [2.45, 2.75) is 26.7 Å². The number of rotatable bonds is 5. The van der Waals surface area contributed by atoms with E-state index in [0.29, 0.717) is 19.6 Å². The third-order valence-electron chi connectivity index (χ3n) is 3.64. The van der Waals surface area contributed by atoms with Crippen LogP contribution in [0.15, 0.2) is 11.1 Å². The van der Waals surface area contributed by atoms with Crippen molar-refractivity contribution in [2.75, 3.05) is 25.9 Å². The number of likely N-dealkylation sites (tertiary alicyclic amines) is 1. The second-order valence-electron chi connectivity index (χ2n) is 5.44. The van der Waals surface area contributed by atoms with Gasteiger partial charge in [-0.05, 0) is 32.6 Å². The molecule has 0 aromatic rings. The molecule has 21 heavy (non-hydrogen) atoms. The molecule has 2 N–H and O–H groups in total. The molecule has 1 fully saturated rings. The fourth-order valence-corrected chi connectivity index (χ4v) is 2.78. The Bertz CT molecular complexity index is 553. The summed E-state index contributed by atoms with van der Waals surface area (Å²) in [7, 11) is -3.24. The summed E-state index contributed by atoms with van der Waals surface area (Å²) in [6.45, 7) is 4.21. The number of piperidine rings is 1. The maximum absolute atomic E-state index is 12.3. The standard InChI is InChI=1S/C13H22N2O5S/c1-9(10(2)13(17)18)12(16)15-6-4-5-11(8-15)7-14-21(3,19)20/h11,14H,4-8H2,1-3H3,(H,17,18). The van der Waals surface area contributed by atoms with Gasteiger partial charge in [-0.15, -0.1) is 0 Å². The molecule has 0 aliphatic carbocycles. The van der Waals surface area contributed by atoms with E-state index in [1.54, 1.807) is 4.90 Å². The van der Waals surface area contributed by atoms with Crippen molar-refractivity contribution in [1.82, 2.24) is 9.62 Å². The number of hydrogen-bond acceptors (Lipinski definition) is 4. The van der Waals surface area contributed by atoms with Gasteiger partial charge in [0.25, 0.3) is 0 Å². The molecule has 7 nitrogen and oxygen atoms in total. The monoisotopic (exact) mass is 318 g/mol. The first kappa shape index (κ1) is 17.6. The summed E-state index contributed by atoms with van der Waals surface area (Å²) in [6, 6.07) is 0. The van der Waals surface area contributed by atoms with Crippen LogP contribution in [0.25, 0.3) is 0 Å². The van der Waals surface area contributed by atoms with Crippen LogP contribution < -0.4 is 4.72 Å². The van der Waals surface area contributed by atoms with Gasteiger partial charge in [0, 0.05) is 30.8 Å². The average molecular weight is 318 g/mol. The van der Waals surface area contributed by atoms with E-state index in [0.717, 1.165) is 19.1 Å². The summed E-state index contributed by atoms with van der Waals surface area (Å²) >= 11 is 0. The molecule has 1 atom stereocenters. The van der Waals surface area contributed by atoms with Crippen LogP contribution in [0.3, 0.4) is 0 Å². The van der Waals surface area contributed by atoms with Crippen LogP contribution in [-0.2, 0) is 19.6 Å². The van der Waals surface area contributed by atoms with E-state index >= 15 is 0 Å². The molecule has 1 aliphatic heterocycles. The van der Waals surface area contributed by atoms with E-state index < -0.39 is 16.0 Å². The highest BCUT2D eigenvalue weighted by Crippen LogP contribution is 2.19. The smallest absolute Gasteiger partial charge is 0.331 e. The van der Waals surface area contributed by atoms with Crippen LogP contribution >= 0.6 is 0 Å². The van der Waals surface area contributed by atoms with Crippen LogP contribution in [0.1, 0.15) is 26.7 Å². The number of carbonyl (C=O) groups excluding carboxylic acids is 1. The van der Waals surface area contributed by atoms with E-state index in [9.17, 15) is 18.0 Å². The maximum atomic E-state index is 12.3. The maximum Gasteiger partial charge on any atom is 0.331 e. The molecule has 0 radical (unpaired) electrons. The summed E-state index contributed by atoms with van der Waals surface area (Å²) in [5.41, 5.74) is 0.260. The molecule has 0 saturated carbocycles. The van der Waals surface area contributed by atoms with E-state index in [2.05, 4.69) is 4.72 Å². The van der Waals surface area contributed by atoms with E-state index in [4.69, 9.17) is 5.11 Å². The highest BCUT2D eigenvalue weighted by atomic mass is 32.2. The number of nitrogens with zero attached hydrogens (tertiary/aromatic N) is 1. The normalized spacial score (nSPS) is 20.9. The number of hydrogen-bond donors (Lipinski definition) is 2. The molecule has 0 aromatic heterocycles. The molecule has 1 aliphatic rings. The van der Waals surface area contributed by atoms with Crippen LogP contribution in [0, 0.1) is 5.92 Å². The fraction of sp³-hybridized carbons (Fsp3) is 0.692. The highest BCUT2D eigenvalue weighted by molar-refractivity contribution is 7.88. The average Bonchev–Trinajstić information content (AvgIpc) is 2.42. The molecule has 0 aromatic carbocycles. The molecule has 1 amide bonds. The van der Waals surface area contributed by atoms with E-state index in [1.807, 2.05) is 0 Å². The van der Waals surface area contributed by atoms with Crippen molar-refractivity contribution >= 4 is 21.9 Å². The minimum absolute atomic E-state index is 0.0383. The Hall–Kier alpha value is -1.41. The molecular weight excluding hydrogens is 296 g/mol. The van der Waals surface area contributed by atoms with Gasteiger partial charge in [-0.25, -0.2) is 17.9 Å². The minimum atomic E-state index is -3.24. The molecule has 1 saturated heterocycles. The van der Waals surface area contributed by atoms with Crippen molar-refractivity contribution in [3.63, 3.8) is 0 Å². The molecule has 0 bridgehead atoms. The number of nitrogens with one attached hydrogen (secondary N) is 1. The van der Waals surface area contributed by atoms with Gasteiger partial charge in [0.15, 0.2) is 0 Å². The van der Waals surface area contributed by atoms with Gasteiger partial charge in [-0.1, -0.05) is 0 Å². The van der Waals surface area contributed by atoms with Crippen molar-refractivity contribution in [1.29, 1.82) is 0 Å².